The number of sulfone groups is 1. The van der Waals surface area contributed by atoms with Crippen molar-refractivity contribution >= 4 is 38.9 Å². The molecule has 156 valence electrons. The summed E-state index contributed by atoms with van der Waals surface area (Å²) < 4.78 is 43.4. The Balaban J connectivity index is 1.85. The van der Waals surface area contributed by atoms with Crippen LogP contribution in [0, 0.1) is 5.82 Å². The first-order valence-corrected chi connectivity index (χ1v) is 11.6. The molecule has 2 aromatic carbocycles. The van der Waals surface area contributed by atoms with E-state index in [1.54, 1.807) is 24.3 Å². The average Bonchev–Trinajstić information content (AvgIpc) is 3.02. The standard InChI is InChI=1S/C20H20Cl2FNO4S/c1-13(28-19-5-3-2-4-18(19)23)20(25)24(16-8-9-29(26,27)12-16)11-14-6-7-15(21)10-17(14)22/h2-7,10,13,16H,8-9,11-12H2,1H3. The number of carbonyl (C=O) groups is 1. The van der Waals surface area contributed by atoms with Gasteiger partial charge in [0.25, 0.3) is 5.91 Å². The van der Waals surface area contributed by atoms with Gasteiger partial charge < -0.3 is 9.64 Å². The van der Waals surface area contributed by atoms with E-state index in [1.165, 1.54) is 30.0 Å². The molecule has 1 fully saturated rings. The van der Waals surface area contributed by atoms with Gasteiger partial charge in [0.05, 0.1) is 11.5 Å². The molecule has 0 radical (unpaired) electrons. The summed E-state index contributed by atoms with van der Waals surface area (Å²) in [5.74, 6) is -1.18. The summed E-state index contributed by atoms with van der Waals surface area (Å²) in [6.07, 6.45) is -0.688. The Kier molecular flexibility index (Phi) is 6.71. The number of halogens is 3. The molecule has 1 amide bonds. The topological polar surface area (TPSA) is 63.7 Å². The summed E-state index contributed by atoms with van der Waals surface area (Å²) >= 11 is 12.2. The summed E-state index contributed by atoms with van der Waals surface area (Å²) in [5.41, 5.74) is 0.631. The van der Waals surface area contributed by atoms with Crippen molar-refractivity contribution in [3.63, 3.8) is 0 Å². The number of ether oxygens (including phenoxy) is 1. The fourth-order valence-electron chi connectivity index (χ4n) is 3.26. The molecule has 0 spiro atoms. The summed E-state index contributed by atoms with van der Waals surface area (Å²) in [4.78, 5) is 14.6. The minimum absolute atomic E-state index is 0.0123. The summed E-state index contributed by atoms with van der Waals surface area (Å²) in [6.45, 7) is 1.61. The van der Waals surface area contributed by atoms with Crippen molar-refractivity contribution in [2.45, 2.75) is 32.0 Å². The largest absolute Gasteiger partial charge is 0.478 e. The molecule has 2 aromatic rings. The smallest absolute Gasteiger partial charge is 0.263 e. The van der Waals surface area contributed by atoms with Crippen molar-refractivity contribution in [1.29, 1.82) is 0 Å². The molecular formula is C20H20Cl2FNO4S. The van der Waals surface area contributed by atoms with Crippen LogP contribution in [0.5, 0.6) is 5.75 Å². The molecule has 3 rings (SSSR count). The molecule has 2 unspecified atom stereocenters. The Bertz CT molecular complexity index is 1020. The number of hydrogen-bond donors (Lipinski definition) is 0. The van der Waals surface area contributed by atoms with E-state index in [9.17, 15) is 17.6 Å². The van der Waals surface area contributed by atoms with Crippen molar-refractivity contribution in [2.24, 2.45) is 0 Å². The van der Waals surface area contributed by atoms with E-state index in [0.29, 0.717) is 22.0 Å². The fraction of sp³-hybridized carbons (Fsp3) is 0.350. The summed E-state index contributed by atoms with van der Waals surface area (Å²) in [6, 6.07) is 10.2. The van der Waals surface area contributed by atoms with Crippen LogP contribution in [-0.4, -0.2) is 42.9 Å². The Hall–Kier alpha value is -1.83. The molecule has 29 heavy (non-hydrogen) atoms. The predicted molar refractivity (Wildman–Crippen MR) is 111 cm³/mol. The molecule has 0 saturated carbocycles. The molecule has 0 bridgehead atoms. The molecule has 0 aliphatic carbocycles. The van der Waals surface area contributed by atoms with Gasteiger partial charge in [0, 0.05) is 22.6 Å². The van der Waals surface area contributed by atoms with E-state index in [4.69, 9.17) is 27.9 Å². The average molecular weight is 460 g/mol. The second-order valence-corrected chi connectivity index (χ2v) is 10.0. The van der Waals surface area contributed by atoms with Crippen molar-refractivity contribution in [3.05, 3.63) is 63.9 Å². The van der Waals surface area contributed by atoms with Crippen LogP contribution in [0.3, 0.4) is 0 Å². The molecule has 0 aromatic heterocycles. The Morgan fingerprint density at radius 2 is 2.00 bits per heavy atom. The van der Waals surface area contributed by atoms with Gasteiger partial charge in [-0.1, -0.05) is 41.4 Å². The van der Waals surface area contributed by atoms with Crippen LogP contribution in [0.1, 0.15) is 18.9 Å². The van der Waals surface area contributed by atoms with Crippen LogP contribution in [-0.2, 0) is 21.2 Å². The van der Waals surface area contributed by atoms with Crippen LogP contribution in [0.2, 0.25) is 10.0 Å². The number of para-hydroxylation sites is 1. The molecule has 5 nitrogen and oxygen atoms in total. The van der Waals surface area contributed by atoms with Gasteiger partial charge in [0.1, 0.15) is 0 Å². The van der Waals surface area contributed by atoms with E-state index in [-0.39, 0.29) is 23.8 Å². The van der Waals surface area contributed by atoms with Gasteiger partial charge in [0.2, 0.25) is 0 Å². The lowest BCUT2D eigenvalue weighted by Gasteiger charge is -2.31. The van der Waals surface area contributed by atoms with Gasteiger partial charge in [-0.3, -0.25) is 4.79 Å². The zero-order valence-electron chi connectivity index (χ0n) is 15.6. The molecule has 0 N–H and O–H groups in total. The first-order chi connectivity index (χ1) is 13.7. The third-order valence-electron chi connectivity index (χ3n) is 4.78. The number of rotatable bonds is 6. The highest BCUT2D eigenvalue weighted by molar-refractivity contribution is 7.91. The second kappa shape index (κ2) is 8.90. The molecular weight excluding hydrogens is 440 g/mol. The third-order valence-corrected chi connectivity index (χ3v) is 7.11. The quantitative estimate of drug-likeness (QED) is 0.651. The van der Waals surface area contributed by atoms with Gasteiger partial charge in [-0.2, -0.15) is 0 Å². The highest BCUT2D eigenvalue weighted by atomic mass is 35.5. The maximum absolute atomic E-state index is 13.9. The molecule has 1 aliphatic rings. The number of nitrogens with zero attached hydrogens (tertiary/aromatic N) is 1. The van der Waals surface area contributed by atoms with E-state index < -0.39 is 33.7 Å². The Morgan fingerprint density at radius 1 is 1.28 bits per heavy atom. The lowest BCUT2D eigenvalue weighted by atomic mass is 10.1. The lowest BCUT2D eigenvalue weighted by molar-refractivity contribution is -0.140. The van der Waals surface area contributed by atoms with E-state index >= 15 is 0 Å². The van der Waals surface area contributed by atoms with Crippen molar-refractivity contribution < 1.29 is 22.3 Å². The van der Waals surface area contributed by atoms with Crippen molar-refractivity contribution in [3.8, 4) is 5.75 Å². The zero-order chi connectivity index (χ0) is 21.2. The second-order valence-electron chi connectivity index (χ2n) is 6.95. The predicted octanol–water partition coefficient (Wildman–Crippen LogP) is 4.12. The van der Waals surface area contributed by atoms with Crippen LogP contribution in [0.15, 0.2) is 42.5 Å². The van der Waals surface area contributed by atoms with Crippen molar-refractivity contribution in [2.75, 3.05) is 11.5 Å². The van der Waals surface area contributed by atoms with Gasteiger partial charge in [-0.15, -0.1) is 0 Å². The molecule has 1 saturated heterocycles. The van der Waals surface area contributed by atoms with Crippen LogP contribution in [0.4, 0.5) is 4.39 Å². The summed E-state index contributed by atoms with van der Waals surface area (Å²) in [7, 11) is -3.22. The SMILES string of the molecule is CC(Oc1ccccc1F)C(=O)N(Cc1ccc(Cl)cc1Cl)C1CCS(=O)(=O)C1. The van der Waals surface area contributed by atoms with Crippen LogP contribution >= 0.6 is 23.2 Å². The zero-order valence-corrected chi connectivity index (χ0v) is 18.0. The molecule has 2 atom stereocenters. The maximum Gasteiger partial charge on any atom is 0.263 e. The van der Waals surface area contributed by atoms with Crippen LogP contribution in [0.25, 0.3) is 0 Å². The number of carbonyl (C=O) groups excluding carboxylic acids is 1. The first-order valence-electron chi connectivity index (χ1n) is 9.02. The molecule has 1 aliphatic heterocycles. The number of amides is 1. The van der Waals surface area contributed by atoms with E-state index in [2.05, 4.69) is 0 Å². The Labute approximate surface area is 179 Å². The van der Waals surface area contributed by atoms with Gasteiger partial charge >= 0.3 is 0 Å². The third kappa shape index (κ3) is 5.41. The highest BCUT2D eigenvalue weighted by Crippen LogP contribution is 2.27. The maximum atomic E-state index is 13.9. The lowest BCUT2D eigenvalue weighted by Crippen LogP contribution is -2.46. The number of benzene rings is 2. The van der Waals surface area contributed by atoms with Crippen molar-refractivity contribution in [1.82, 2.24) is 4.90 Å². The van der Waals surface area contributed by atoms with E-state index in [1.807, 2.05) is 0 Å². The Morgan fingerprint density at radius 3 is 2.62 bits per heavy atom. The van der Waals surface area contributed by atoms with Crippen LogP contribution < -0.4 is 4.74 Å². The fourth-order valence-corrected chi connectivity index (χ4v) is 5.46. The first kappa shape index (κ1) is 21.9. The van der Waals surface area contributed by atoms with E-state index in [0.717, 1.165) is 0 Å². The van der Waals surface area contributed by atoms with Gasteiger partial charge in [-0.25, -0.2) is 12.8 Å². The van der Waals surface area contributed by atoms with Gasteiger partial charge in [0.15, 0.2) is 27.5 Å². The summed E-state index contributed by atoms with van der Waals surface area (Å²) in [5, 5.41) is 0.829. The minimum atomic E-state index is -3.22. The number of hydrogen-bond acceptors (Lipinski definition) is 4. The minimum Gasteiger partial charge on any atom is -0.478 e. The van der Waals surface area contributed by atoms with Gasteiger partial charge in [-0.05, 0) is 43.2 Å². The monoisotopic (exact) mass is 459 g/mol. The highest BCUT2D eigenvalue weighted by Gasteiger charge is 2.37. The molecule has 9 heteroatoms. The normalized spacial score (nSPS) is 19.0. The molecule has 1 heterocycles.